The largest absolute Gasteiger partial charge is 0.310 e. The van der Waals surface area contributed by atoms with E-state index in [1.165, 1.54) is 6.07 Å². The molecule has 1 atom stereocenters. The molecule has 1 unspecified atom stereocenters. The van der Waals surface area contributed by atoms with Crippen LogP contribution in [-0.4, -0.2) is 19.5 Å². The number of hydrogen-bond acceptors (Lipinski definition) is 6. The normalized spacial score (nSPS) is 12.7. The van der Waals surface area contributed by atoms with E-state index in [-0.39, 0.29) is 27.6 Å². The Bertz CT molecular complexity index is 1240. The van der Waals surface area contributed by atoms with Gasteiger partial charge in [-0.2, -0.15) is 5.26 Å². The molecule has 0 aliphatic carbocycles. The molecular formula is C26H37N5O3S. The minimum Gasteiger partial charge on any atom is -0.310 e. The van der Waals surface area contributed by atoms with Crippen molar-refractivity contribution in [2.45, 2.75) is 84.6 Å². The number of nitriles is 1. The molecule has 0 aliphatic rings. The van der Waals surface area contributed by atoms with Crippen LogP contribution in [-0.2, 0) is 16.6 Å². The number of pyridine rings is 1. The molecule has 0 radical (unpaired) electrons. The van der Waals surface area contributed by atoms with Crippen molar-refractivity contribution in [3.63, 3.8) is 0 Å². The van der Waals surface area contributed by atoms with Crippen LogP contribution in [0.3, 0.4) is 0 Å². The van der Waals surface area contributed by atoms with Crippen molar-refractivity contribution in [1.29, 1.82) is 5.26 Å². The van der Waals surface area contributed by atoms with Crippen molar-refractivity contribution < 1.29 is 8.42 Å². The van der Waals surface area contributed by atoms with Crippen LogP contribution in [0.4, 0.5) is 11.4 Å². The second kappa shape index (κ2) is 13.3. The van der Waals surface area contributed by atoms with Crippen LogP contribution in [0.25, 0.3) is 0 Å². The van der Waals surface area contributed by atoms with Gasteiger partial charge in [0.25, 0.3) is 5.56 Å². The van der Waals surface area contributed by atoms with Gasteiger partial charge in [-0.15, -0.1) is 10.2 Å². The number of unbranched alkanes of at least 4 members (excludes halogenated alkanes) is 2. The van der Waals surface area contributed by atoms with Crippen LogP contribution < -0.4 is 10.3 Å². The molecule has 0 saturated heterocycles. The summed E-state index contributed by atoms with van der Waals surface area (Å²) in [6, 6.07) is 8.44. The highest BCUT2D eigenvalue weighted by molar-refractivity contribution is 7.89. The topological polar surface area (TPSA) is 117 Å². The average molecular weight is 500 g/mol. The average Bonchev–Trinajstić information content (AvgIpc) is 2.84. The van der Waals surface area contributed by atoms with E-state index in [1.807, 2.05) is 13.0 Å². The maximum absolute atomic E-state index is 13.1. The second-order valence-electron chi connectivity index (χ2n) is 8.79. The lowest BCUT2D eigenvalue weighted by Gasteiger charge is -2.16. The first-order valence-electron chi connectivity index (χ1n) is 12.4. The number of nitrogens with one attached hydrogen (secondary N) is 1. The van der Waals surface area contributed by atoms with Crippen molar-refractivity contribution in [2.75, 3.05) is 6.54 Å². The zero-order valence-electron chi connectivity index (χ0n) is 21.5. The lowest BCUT2D eigenvalue weighted by atomic mass is 10.00. The highest BCUT2D eigenvalue weighted by Crippen LogP contribution is 2.30. The quantitative estimate of drug-likeness (QED) is 0.338. The molecule has 190 valence electrons. The van der Waals surface area contributed by atoms with Gasteiger partial charge in [0.2, 0.25) is 10.0 Å². The molecule has 2 rings (SSSR count). The van der Waals surface area contributed by atoms with Crippen LogP contribution in [0.1, 0.15) is 76.1 Å². The number of aromatic nitrogens is 1. The van der Waals surface area contributed by atoms with Gasteiger partial charge in [0.1, 0.15) is 27.9 Å². The molecule has 0 amide bonds. The van der Waals surface area contributed by atoms with Gasteiger partial charge in [-0.1, -0.05) is 58.6 Å². The number of rotatable bonds is 13. The van der Waals surface area contributed by atoms with Gasteiger partial charge in [-0.05, 0) is 44.7 Å². The Labute approximate surface area is 209 Å². The van der Waals surface area contributed by atoms with E-state index < -0.39 is 10.0 Å². The van der Waals surface area contributed by atoms with Crippen LogP contribution in [0, 0.1) is 31.1 Å². The first-order valence-corrected chi connectivity index (χ1v) is 13.8. The summed E-state index contributed by atoms with van der Waals surface area (Å²) >= 11 is 0. The third-order valence-corrected chi connectivity index (χ3v) is 7.77. The third kappa shape index (κ3) is 7.09. The van der Waals surface area contributed by atoms with Gasteiger partial charge in [-0.3, -0.25) is 4.79 Å². The fourth-order valence-electron chi connectivity index (χ4n) is 3.95. The summed E-state index contributed by atoms with van der Waals surface area (Å²) in [5, 5.41) is 18.2. The molecule has 9 heteroatoms. The van der Waals surface area contributed by atoms with E-state index in [1.54, 1.807) is 36.6 Å². The molecule has 0 aliphatic heterocycles. The van der Waals surface area contributed by atoms with Crippen molar-refractivity contribution in [2.24, 2.45) is 16.1 Å². The number of nitrogens with zero attached hydrogens (tertiary/aromatic N) is 4. The van der Waals surface area contributed by atoms with Gasteiger partial charge in [-0.25, -0.2) is 13.1 Å². The number of benzene rings is 1. The van der Waals surface area contributed by atoms with Gasteiger partial charge >= 0.3 is 0 Å². The lowest BCUT2D eigenvalue weighted by Crippen LogP contribution is -2.29. The third-order valence-electron chi connectivity index (χ3n) is 6.30. The highest BCUT2D eigenvalue weighted by atomic mass is 32.2. The Balaban J connectivity index is 2.44. The molecule has 1 N–H and O–H groups in total. The molecule has 8 nitrogen and oxygen atoms in total. The van der Waals surface area contributed by atoms with Gasteiger partial charge in [0, 0.05) is 24.3 Å². The summed E-state index contributed by atoms with van der Waals surface area (Å²) in [5.41, 5.74) is 1.33. The van der Waals surface area contributed by atoms with E-state index in [9.17, 15) is 18.5 Å². The SMILES string of the molecule is CCCCC(CC)CNS(=O)(=O)c1ccccc1/N=N/c1c(C)c(C#N)c(=O)n(CCCC)c1C. The molecule has 1 aromatic heterocycles. The molecular weight excluding hydrogens is 462 g/mol. The number of sulfonamides is 1. The van der Waals surface area contributed by atoms with Gasteiger partial charge in [0.15, 0.2) is 0 Å². The van der Waals surface area contributed by atoms with Crippen molar-refractivity contribution in [3.8, 4) is 6.07 Å². The predicted octanol–water partition coefficient (Wildman–Crippen LogP) is 6.05. The minimum absolute atomic E-state index is 0.0286. The summed E-state index contributed by atoms with van der Waals surface area (Å²) in [7, 11) is -3.80. The molecule has 1 heterocycles. The second-order valence-corrected chi connectivity index (χ2v) is 10.5. The maximum atomic E-state index is 13.1. The predicted molar refractivity (Wildman–Crippen MR) is 139 cm³/mol. The molecule has 0 saturated carbocycles. The molecule has 1 aromatic carbocycles. The standard InChI is InChI=1S/C26H37N5O3S/c1-6-9-13-21(8-3)18-28-35(33,34)24-15-12-11-14-23(24)29-30-25-19(4)22(17-27)26(32)31(20(25)5)16-10-7-2/h11-12,14-15,21,28H,6-10,13,16,18H2,1-5H3/b30-29+. The Kier molecular flexibility index (Phi) is 10.8. The fourth-order valence-corrected chi connectivity index (χ4v) is 5.20. The molecule has 0 spiro atoms. The Morgan fingerprint density at radius 3 is 2.40 bits per heavy atom. The van der Waals surface area contributed by atoms with Crippen molar-refractivity contribution >= 4 is 21.4 Å². The summed E-state index contributed by atoms with van der Waals surface area (Å²) in [6.45, 7) is 10.5. The van der Waals surface area contributed by atoms with E-state index in [4.69, 9.17) is 0 Å². The lowest BCUT2D eigenvalue weighted by molar-refractivity contribution is 0.444. The highest BCUT2D eigenvalue weighted by Gasteiger charge is 2.21. The Morgan fingerprint density at radius 1 is 1.09 bits per heavy atom. The summed E-state index contributed by atoms with van der Waals surface area (Å²) in [4.78, 5) is 12.8. The molecule has 35 heavy (non-hydrogen) atoms. The zero-order valence-corrected chi connectivity index (χ0v) is 22.3. The summed E-state index contributed by atoms with van der Waals surface area (Å²) < 4.78 is 30.5. The maximum Gasteiger partial charge on any atom is 0.269 e. The Morgan fingerprint density at radius 2 is 1.77 bits per heavy atom. The van der Waals surface area contributed by atoms with E-state index in [0.29, 0.717) is 30.0 Å². The van der Waals surface area contributed by atoms with Crippen LogP contribution in [0.2, 0.25) is 0 Å². The molecule has 2 aromatic rings. The summed E-state index contributed by atoms with van der Waals surface area (Å²) in [5.74, 6) is 0.275. The van der Waals surface area contributed by atoms with E-state index >= 15 is 0 Å². The number of azo groups is 1. The minimum atomic E-state index is -3.80. The van der Waals surface area contributed by atoms with Crippen LogP contribution >= 0.6 is 0 Å². The monoisotopic (exact) mass is 499 g/mol. The number of hydrogen-bond donors (Lipinski definition) is 1. The van der Waals surface area contributed by atoms with Crippen molar-refractivity contribution in [3.05, 3.63) is 51.4 Å². The first-order chi connectivity index (χ1) is 16.7. The summed E-state index contributed by atoms with van der Waals surface area (Å²) in [6.07, 6.45) is 5.70. The molecule has 0 fully saturated rings. The van der Waals surface area contributed by atoms with Gasteiger partial charge < -0.3 is 4.57 Å². The first kappa shape index (κ1) is 28.4. The zero-order chi connectivity index (χ0) is 26.0. The molecule has 0 bridgehead atoms. The van der Waals surface area contributed by atoms with E-state index in [0.717, 1.165) is 38.5 Å². The fraction of sp³-hybridized carbons (Fsp3) is 0.538. The van der Waals surface area contributed by atoms with E-state index in [2.05, 4.69) is 28.8 Å². The smallest absolute Gasteiger partial charge is 0.269 e. The van der Waals surface area contributed by atoms with Crippen molar-refractivity contribution in [1.82, 2.24) is 9.29 Å². The van der Waals surface area contributed by atoms with Crippen LogP contribution in [0.5, 0.6) is 0 Å². The Hall–Kier alpha value is -2.83. The van der Waals surface area contributed by atoms with Crippen LogP contribution in [0.15, 0.2) is 44.2 Å². The van der Waals surface area contributed by atoms with Gasteiger partial charge in [0.05, 0.1) is 0 Å².